The average molecular weight is 605 g/mol. The van der Waals surface area contributed by atoms with Gasteiger partial charge in [-0.1, -0.05) is 33.9 Å². The molecule has 0 aromatic carbocycles. The second kappa shape index (κ2) is 23.7. The van der Waals surface area contributed by atoms with Crippen molar-refractivity contribution >= 4 is 47.4 Å². The minimum Gasteiger partial charge on any atom is -0.465 e. The van der Waals surface area contributed by atoms with E-state index in [1.807, 2.05) is 7.05 Å². The van der Waals surface area contributed by atoms with E-state index in [4.69, 9.17) is 18.9 Å². The van der Waals surface area contributed by atoms with E-state index in [0.717, 1.165) is 56.4 Å². The highest BCUT2D eigenvalue weighted by molar-refractivity contribution is 7.99. The van der Waals surface area contributed by atoms with Gasteiger partial charge in [-0.05, 0) is 26.7 Å². The minimum absolute atomic E-state index is 0.181. The van der Waals surface area contributed by atoms with Gasteiger partial charge in [0.2, 0.25) is 0 Å². The molecule has 0 amide bonds. The number of ether oxygens (including phenoxy) is 4. The van der Waals surface area contributed by atoms with Crippen molar-refractivity contribution < 1.29 is 38.1 Å². The number of esters is 4. The Kier molecular flexibility index (Phi) is 22.5. The lowest BCUT2D eigenvalue weighted by Gasteiger charge is -2.31. The highest BCUT2D eigenvalue weighted by Crippen LogP contribution is 2.22. The van der Waals surface area contributed by atoms with E-state index in [0.29, 0.717) is 11.5 Å². The Balaban J connectivity index is 5.11. The molecule has 0 aliphatic rings. The second-order valence-electron chi connectivity index (χ2n) is 9.09. The molecule has 12 heteroatoms. The highest BCUT2D eigenvalue weighted by Gasteiger charge is 2.37. The van der Waals surface area contributed by atoms with Crippen LogP contribution in [0.1, 0.15) is 33.6 Å². The number of thioether (sulfide) groups is 2. The molecule has 0 rings (SSSR count). The van der Waals surface area contributed by atoms with Gasteiger partial charge in [-0.3, -0.25) is 9.59 Å². The Morgan fingerprint density at radius 1 is 0.675 bits per heavy atom. The van der Waals surface area contributed by atoms with Crippen LogP contribution in [-0.4, -0.2) is 123 Å². The fourth-order valence-electron chi connectivity index (χ4n) is 3.05. The summed E-state index contributed by atoms with van der Waals surface area (Å²) in [5.41, 5.74) is -1.30. The van der Waals surface area contributed by atoms with Crippen LogP contribution in [0.5, 0.6) is 0 Å². The molecule has 0 aromatic rings. The van der Waals surface area contributed by atoms with Crippen molar-refractivity contribution in [3.05, 3.63) is 25.3 Å². The van der Waals surface area contributed by atoms with Crippen LogP contribution in [0.2, 0.25) is 0 Å². The molecule has 0 atom stereocenters. The summed E-state index contributed by atoms with van der Waals surface area (Å²) in [6.07, 6.45) is 2.34. The zero-order chi connectivity index (χ0) is 30.2. The fraction of sp³-hybridized carbons (Fsp3) is 0.714. The predicted octanol–water partition coefficient (Wildman–Crippen LogP) is 3.06. The molecule has 0 saturated heterocycles. The van der Waals surface area contributed by atoms with Crippen LogP contribution < -0.4 is 0 Å². The molecule has 0 saturated carbocycles. The van der Waals surface area contributed by atoms with Crippen molar-refractivity contribution in [1.29, 1.82) is 0 Å². The average Bonchev–Trinajstić information content (AvgIpc) is 2.97. The SMILES string of the molecule is C=CC(=O)OCC(COC(=O)C=C)(COC(=O)CCSCCN(C)CC)COC(=O)CCSCCN(CC)CC. The molecular weight excluding hydrogens is 556 g/mol. The van der Waals surface area contributed by atoms with Gasteiger partial charge in [0, 0.05) is 48.3 Å². The monoisotopic (exact) mass is 604 g/mol. The molecule has 0 spiro atoms. The molecule has 0 bridgehead atoms. The Labute approximate surface area is 248 Å². The van der Waals surface area contributed by atoms with E-state index in [1.54, 1.807) is 23.5 Å². The molecule has 0 aliphatic carbocycles. The van der Waals surface area contributed by atoms with Crippen molar-refractivity contribution in [3.63, 3.8) is 0 Å². The van der Waals surface area contributed by atoms with Gasteiger partial charge in [-0.15, -0.1) is 0 Å². The standard InChI is InChI=1S/C28H48N2O8S2/c1-7-24(31)35-20-28(21-36-25(32)8-2,22-37-26(33)12-16-39-18-14-29(6)9-3)23-38-27(34)13-17-40-19-15-30(10-4)11-5/h7-8H,1-2,9-23H2,3-6H3. The summed E-state index contributed by atoms with van der Waals surface area (Å²) in [5, 5.41) is 0. The maximum absolute atomic E-state index is 12.5. The van der Waals surface area contributed by atoms with E-state index in [-0.39, 0.29) is 39.3 Å². The van der Waals surface area contributed by atoms with E-state index in [9.17, 15) is 19.2 Å². The summed E-state index contributed by atoms with van der Waals surface area (Å²) in [6, 6.07) is 0. The molecule has 0 aliphatic heterocycles. The first-order chi connectivity index (χ1) is 19.1. The highest BCUT2D eigenvalue weighted by atomic mass is 32.2. The Bertz CT molecular complexity index is 753. The van der Waals surface area contributed by atoms with Gasteiger partial charge in [0.05, 0.1) is 12.8 Å². The predicted molar refractivity (Wildman–Crippen MR) is 162 cm³/mol. The van der Waals surface area contributed by atoms with Gasteiger partial charge in [0.1, 0.15) is 31.8 Å². The fourth-order valence-corrected chi connectivity index (χ4v) is 4.91. The van der Waals surface area contributed by atoms with Gasteiger partial charge in [-0.2, -0.15) is 23.5 Å². The lowest BCUT2D eigenvalue weighted by molar-refractivity contribution is -0.167. The normalized spacial score (nSPS) is 11.2. The third-order valence-corrected chi connectivity index (χ3v) is 7.89. The number of hydrogen-bond donors (Lipinski definition) is 0. The summed E-state index contributed by atoms with van der Waals surface area (Å²) in [4.78, 5) is 53.0. The lowest BCUT2D eigenvalue weighted by atomic mass is 9.92. The zero-order valence-electron chi connectivity index (χ0n) is 24.7. The van der Waals surface area contributed by atoms with Gasteiger partial charge in [0.15, 0.2) is 0 Å². The number of carbonyl (C=O) groups excluding carboxylic acids is 4. The van der Waals surface area contributed by atoms with Crippen molar-refractivity contribution in [1.82, 2.24) is 9.80 Å². The summed E-state index contributed by atoms with van der Waals surface area (Å²) in [7, 11) is 2.03. The van der Waals surface area contributed by atoms with E-state index in [1.165, 1.54) is 0 Å². The Morgan fingerprint density at radius 3 is 1.50 bits per heavy atom. The van der Waals surface area contributed by atoms with E-state index in [2.05, 4.69) is 43.7 Å². The van der Waals surface area contributed by atoms with Crippen molar-refractivity contribution in [2.45, 2.75) is 33.6 Å². The number of rotatable bonds is 25. The number of hydrogen-bond acceptors (Lipinski definition) is 12. The Hall–Kier alpha value is -2.02. The second-order valence-corrected chi connectivity index (χ2v) is 11.5. The van der Waals surface area contributed by atoms with Crippen LogP contribution >= 0.6 is 23.5 Å². The maximum atomic E-state index is 12.5. The summed E-state index contributed by atoms with van der Waals surface area (Å²) in [5.74, 6) is 0.625. The molecule has 230 valence electrons. The first kappa shape index (κ1) is 38.0. The molecule has 0 aromatic heterocycles. The maximum Gasteiger partial charge on any atom is 0.330 e. The third kappa shape index (κ3) is 19.1. The molecule has 0 radical (unpaired) electrons. The van der Waals surface area contributed by atoms with Crippen LogP contribution in [0.15, 0.2) is 25.3 Å². The van der Waals surface area contributed by atoms with Gasteiger partial charge < -0.3 is 28.7 Å². The molecule has 0 N–H and O–H groups in total. The van der Waals surface area contributed by atoms with Crippen LogP contribution in [0.25, 0.3) is 0 Å². The summed E-state index contributed by atoms with van der Waals surface area (Å²) in [6.45, 7) is 16.6. The Morgan fingerprint density at radius 2 is 1.10 bits per heavy atom. The molecule has 0 fully saturated rings. The molecule has 10 nitrogen and oxygen atoms in total. The topological polar surface area (TPSA) is 112 Å². The van der Waals surface area contributed by atoms with Crippen LogP contribution in [0, 0.1) is 5.41 Å². The van der Waals surface area contributed by atoms with Crippen molar-refractivity contribution in [2.75, 3.05) is 89.2 Å². The van der Waals surface area contributed by atoms with Crippen molar-refractivity contribution in [3.8, 4) is 0 Å². The third-order valence-electron chi connectivity index (χ3n) is 5.96. The van der Waals surface area contributed by atoms with E-state index < -0.39 is 29.3 Å². The summed E-state index contributed by atoms with van der Waals surface area (Å²) < 4.78 is 21.4. The first-order valence-electron chi connectivity index (χ1n) is 13.6. The lowest BCUT2D eigenvalue weighted by Crippen LogP contribution is -2.43. The van der Waals surface area contributed by atoms with Gasteiger partial charge >= 0.3 is 23.9 Å². The minimum atomic E-state index is -1.30. The first-order valence-corrected chi connectivity index (χ1v) is 15.9. The quantitative estimate of drug-likeness (QED) is 0.0661. The van der Waals surface area contributed by atoms with Crippen LogP contribution in [-0.2, 0) is 38.1 Å². The van der Waals surface area contributed by atoms with E-state index >= 15 is 0 Å². The van der Waals surface area contributed by atoms with Crippen LogP contribution in [0.3, 0.4) is 0 Å². The molecular formula is C28H48N2O8S2. The smallest absolute Gasteiger partial charge is 0.330 e. The molecule has 0 unspecified atom stereocenters. The number of nitrogens with zero attached hydrogens (tertiary/aromatic N) is 2. The van der Waals surface area contributed by atoms with Gasteiger partial charge in [0.25, 0.3) is 0 Å². The van der Waals surface area contributed by atoms with Crippen LogP contribution in [0.4, 0.5) is 0 Å². The molecule has 40 heavy (non-hydrogen) atoms. The zero-order valence-corrected chi connectivity index (χ0v) is 26.3. The largest absolute Gasteiger partial charge is 0.465 e. The van der Waals surface area contributed by atoms with Gasteiger partial charge in [-0.25, -0.2) is 9.59 Å². The molecule has 0 heterocycles. The number of carbonyl (C=O) groups is 4. The summed E-state index contributed by atoms with van der Waals surface area (Å²) >= 11 is 3.30. The van der Waals surface area contributed by atoms with Crippen molar-refractivity contribution in [2.24, 2.45) is 5.41 Å².